The number of benzene rings is 2. The minimum absolute atomic E-state index is 0.0947. The van der Waals surface area contributed by atoms with E-state index in [0.29, 0.717) is 25.0 Å². The lowest BCUT2D eigenvalue weighted by Crippen LogP contribution is -2.60. The zero-order valence-corrected chi connectivity index (χ0v) is 20.4. The smallest absolute Gasteiger partial charge is 0.255 e. The van der Waals surface area contributed by atoms with Gasteiger partial charge in [-0.05, 0) is 62.6 Å². The number of sulfone groups is 1. The molecule has 3 N–H and O–H groups in total. The number of rotatable bonds is 5. The monoisotopic (exact) mass is 531 g/mol. The summed E-state index contributed by atoms with van der Waals surface area (Å²) in [7, 11) is -4.13. The van der Waals surface area contributed by atoms with Gasteiger partial charge in [0.25, 0.3) is 5.91 Å². The number of aliphatic hydroxyl groups is 2. The van der Waals surface area contributed by atoms with Crippen molar-refractivity contribution in [2.75, 3.05) is 11.9 Å². The summed E-state index contributed by atoms with van der Waals surface area (Å²) >= 11 is 6.28. The second kappa shape index (κ2) is 9.06. The van der Waals surface area contributed by atoms with Crippen LogP contribution in [0, 0.1) is 29.3 Å². The highest BCUT2D eigenvalue weighted by atomic mass is 35.5. The molecule has 2 aromatic rings. The maximum Gasteiger partial charge on any atom is 0.255 e. The minimum Gasteiger partial charge on any atom is -0.393 e. The molecular weight excluding hydrogens is 507 g/mol. The zero-order chi connectivity index (χ0) is 25.8. The number of halogens is 4. The molecule has 6 nitrogen and oxygen atoms in total. The first-order valence-electron chi connectivity index (χ1n) is 11.2. The molecule has 35 heavy (non-hydrogen) atoms. The van der Waals surface area contributed by atoms with Crippen LogP contribution in [0.25, 0.3) is 0 Å². The topological polar surface area (TPSA) is 104 Å². The third-order valence-electron chi connectivity index (χ3n) is 7.58. The molecule has 2 aliphatic carbocycles. The molecule has 0 radical (unpaired) electrons. The Morgan fingerprint density at radius 3 is 2.23 bits per heavy atom. The van der Waals surface area contributed by atoms with Crippen molar-refractivity contribution in [1.29, 1.82) is 0 Å². The maximum atomic E-state index is 14.0. The lowest BCUT2D eigenvalue weighted by molar-refractivity contribution is -0.0969. The summed E-state index contributed by atoms with van der Waals surface area (Å²) < 4.78 is 66.9. The van der Waals surface area contributed by atoms with Crippen LogP contribution in [0.1, 0.15) is 49.4 Å². The number of aliphatic hydroxyl groups excluding tert-OH is 1. The van der Waals surface area contributed by atoms with Crippen molar-refractivity contribution in [1.82, 2.24) is 0 Å². The van der Waals surface area contributed by atoms with Gasteiger partial charge in [0.05, 0.1) is 26.9 Å². The Hall–Kier alpha value is -2.14. The first kappa shape index (κ1) is 25.9. The number of carbonyl (C=O) groups is 1. The van der Waals surface area contributed by atoms with Gasteiger partial charge in [-0.1, -0.05) is 18.0 Å². The standard InChI is InChI=1S/C24H25ClF3NO5S/c1-23(14-3-2-4-15(23)11-24(32,10-14)12-30)35(33,34)20-7-13(5-6-17(20)25)22(31)29-16-8-18(26)21(28)19(27)9-16/h5-9,14-15,30,32H,2-4,10-12H2,1H3,(H,29,31). The fourth-order valence-corrected chi connectivity index (χ4v) is 8.40. The van der Waals surface area contributed by atoms with E-state index in [4.69, 9.17) is 11.6 Å². The molecule has 0 saturated heterocycles. The molecule has 2 aliphatic rings. The van der Waals surface area contributed by atoms with Crippen molar-refractivity contribution in [3.63, 3.8) is 0 Å². The van der Waals surface area contributed by atoms with Gasteiger partial charge in [-0.15, -0.1) is 0 Å². The van der Waals surface area contributed by atoms with E-state index in [1.807, 2.05) is 0 Å². The summed E-state index contributed by atoms with van der Waals surface area (Å²) in [6.45, 7) is 1.16. The van der Waals surface area contributed by atoms with E-state index in [-0.39, 0.29) is 34.0 Å². The summed E-state index contributed by atoms with van der Waals surface area (Å²) in [5.41, 5.74) is -1.83. The Morgan fingerprint density at radius 2 is 1.69 bits per heavy atom. The van der Waals surface area contributed by atoms with Crippen molar-refractivity contribution in [2.45, 2.75) is 54.3 Å². The zero-order valence-electron chi connectivity index (χ0n) is 18.8. The van der Waals surface area contributed by atoms with E-state index in [9.17, 15) is 36.6 Å². The molecule has 0 spiro atoms. The Kier molecular flexibility index (Phi) is 6.72. The number of amides is 1. The molecule has 2 unspecified atom stereocenters. The molecule has 2 atom stereocenters. The Bertz CT molecular complexity index is 1250. The number of nitrogens with one attached hydrogen (secondary N) is 1. The molecule has 190 valence electrons. The van der Waals surface area contributed by atoms with E-state index < -0.39 is 62.0 Å². The molecule has 2 saturated carbocycles. The van der Waals surface area contributed by atoms with Crippen LogP contribution in [0.3, 0.4) is 0 Å². The molecule has 2 bridgehead atoms. The van der Waals surface area contributed by atoms with Crippen molar-refractivity contribution in [3.05, 3.63) is 58.4 Å². The molecule has 0 aliphatic heterocycles. The van der Waals surface area contributed by atoms with Gasteiger partial charge in [0.1, 0.15) is 0 Å². The number of anilines is 1. The van der Waals surface area contributed by atoms with E-state index in [1.54, 1.807) is 6.92 Å². The molecule has 0 aromatic heterocycles. The molecule has 2 fully saturated rings. The fourth-order valence-electron chi connectivity index (χ4n) is 5.61. The number of fused-ring (bicyclic) bond motifs is 2. The van der Waals surface area contributed by atoms with Crippen LogP contribution in [-0.2, 0) is 9.84 Å². The quantitative estimate of drug-likeness (QED) is 0.494. The number of hydrogen-bond donors (Lipinski definition) is 3. The Morgan fingerprint density at radius 1 is 1.11 bits per heavy atom. The van der Waals surface area contributed by atoms with Gasteiger partial charge in [0.2, 0.25) is 0 Å². The SMILES string of the molecule is CC1(S(=O)(=O)c2cc(C(=O)Nc3cc(F)c(F)c(F)c3)ccc2Cl)C2CCCC1CC(O)(CO)C2. The lowest BCUT2D eigenvalue weighted by atomic mass is 9.60. The normalized spacial score (nSPS) is 28.5. The summed E-state index contributed by atoms with van der Waals surface area (Å²) in [6.07, 6.45) is 2.13. The van der Waals surface area contributed by atoms with Gasteiger partial charge in [-0.25, -0.2) is 21.6 Å². The minimum atomic E-state index is -4.13. The molecule has 0 heterocycles. The summed E-state index contributed by atoms with van der Waals surface area (Å²) in [5, 5.41) is 22.5. The lowest BCUT2D eigenvalue weighted by Gasteiger charge is -2.54. The second-order valence-corrected chi connectivity index (χ2v) is 12.4. The largest absolute Gasteiger partial charge is 0.393 e. The van der Waals surface area contributed by atoms with Crippen LogP contribution in [0.2, 0.25) is 5.02 Å². The third kappa shape index (κ3) is 4.34. The molecule has 4 rings (SSSR count). The van der Waals surface area contributed by atoms with Crippen molar-refractivity contribution < 1.29 is 36.6 Å². The fraction of sp³-hybridized carbons (Fsp3) is 0.458. The van der Waals surface area contributed by atoms with Crippen LogP contribution < -0.4 is 5.32 Å². The van der Waals surface area contributed by atoms with Gasteiger partial charge >= 0.3 is 0 Å². The molecule has 1 amide bonds. The van der Waals surface area contributed by atoms with Gasteiger partial charge < -0.3 is 15.5 Å². The van der Waals surface area contributed by atoms with Gasteiger partial charge in [-0.2, -0.15) is 0 Å². The average molecular weight is 532 g/mol. The van der Waals surface area contributed by atoms with Gasteiger partial charge in [0, 0.05) is 23.4 Å². The summed E-state index contributed by atoms with van der Waals surface area (Å²) in [4.78, 5) is 12.5. The second-order valence-electron chi connectivity index (χ2n) is 9.66. The predicted molar refractivity (Wildman–Crippen MR) is 123 cm³/mol. The van der Waals surface area contributed by atoms with E-state index in [0.717, 1.165) is 12.5 Å². The highest BCUT2D eigenvalue weighted by Gasteiger charge is 2.60. The van der Waals surface area contributed by atoms with Crippen LogP contribution in [-0.4, -0.2) is 41.5 Å². The highest BCUT2D eigenvalue weighted by Crippen LogP contribution is 2.56. The molecule has 2 aromatic carbocycles. The summed E-state index contributed by atoms with van der Waals surface area (Å²) in [5.74, 6) is -6.39. The average Bonchev–Trinajstić information content (AvgIpc) is 2.78. The summed E-state index contributed by atoms with van der Waals surface area (Å²) in [6, 6.07) is 4.84. The number of hydrogen-bond acceptors (Lipinski definition) is 5. The van der Waals surface area contributed by atoms with Crippen LogP contribution >= 0.6 is 11.6 Å². The number of carbonyl (C=O) groups excluding carboxylic acids is 1. The predicted octanol–water partition coefficient (Wildman–Crippen LogP) is 4.48. The van der Waals surface area contributed by atoms with Crippen LogP contribution in [0.5, 0.6) is 0 Å². The third-order valence-corrected chi connectivity index (χ3v) is 10.8. The van der Waals surface area contributed by atoms with Crippen LogP contribution in [0.15, 0.2) is 35.2 Å². The molecular formula is C24H25ClF3NO5S. The van der Waals surface area contributed by atoms with Crippen molar-refractivity contribution in [2.24, 2.45) is 11.8 Å². The first-order chi connectivity index (χ1) is 16.3. The Balaban J connectivity index is 1.70. The maximum absolute atomic E-state index is 14.0. The first-order valence-corrected chi connectivity index (χ1v) is 13.0. The van der Waals surface area contributed by atoms with Crippen molar-refractivity contribution >= 4 is 33.0 Å². The van der Waals surface area contributed by atoms with E-state index in [1.165, 1.54) is 12.1 Å². The van der Waals surface area contributed by atoms with Gasteiger partial charge in [0.15, 0.2) is 27.3 Å². The van der Waals surface area contributed by atoms with Gasteiger partial charge in [-0.3, -0.25) is 4.79 Å². The highest BCUT2D eigenvalue weighted by molar-refractivity contribution is 7.93. The van der Waals surface area contributed by atoms with Crippen molar-refractivity contribution in [3.8, 4) is 0 Å². The Labute approximate surface area is 206 Å². The van der Waals surface area contributed by atoms with Crippen LogP contribution in [0.4, 0.5) is 18.9 Å². The molecule has 11 heteroatoms. The van der Waals surface area contributed by atoms with E-state index in [2.05, 4.69) is 5.32 Å². The van der Waals surface area contributed by atoms with E-state index >= 15 is 0 Å².